The summed E-state index contributed by atoms with van der Waals surface area (Å²) in [6.45, 7) is 3.86. The average Bonchev–Trinajstić information content (AvgIpc) is 3.37. The molecule has 2 N–H and O–H groups in total. The Balaban J connectivity index is 1.48. The molecule has 1 saturated heterocycles. The van der Waals surface area contributed by atoms with Crippen LogP contribution in [-0.4, -0.2) is 63.9 Å². The second-order valence-corrected chi connectivity index (χ2v) is 9.29. The smallest absolute Gasteiger partial charge is 0.434 e. The van der Waals surface area contributed by atoms with Crippen LogP contribution in [0.5, 0.6) is 5.06 Å². The number of nitrogens with one attached hydrogen (secondary N) is 2. The summed E-state index contributed by atoms with van der Waals surface area (Å²) in [4.78, 5) is 41.8. The first-order valence-corrected chi connectivity index (χ1v) is 12.2. The van der Waals surface area contributed by atoms with Crippen molar-refractivity contribution in [3.63, 3.8) is 0 Å². The largest absolute Gasteiger partial charge is 0.514 e. The van der Waals surface area contributed by atoms with Crippen molar-refractivity contribution in [2.24, 2.45) is 0 Å². The third kappa shape index (κ3) is 5.49. The first kappa shape index (κ1) is 25.1. The van der Waals surface area contributed by atoms with E-state index in [1.165, 1.54) is 18.6 Å². The van der Waals surface area contributed by atoms with Crippen LogP contribution in [0.2, 0.25) is 10.0 Å². The van der Waals surface area contributed by atoms with Gasteiger partial charge in [-0.1, -0.05) is 34.5 Å². The van der Waals surface area contributed by atoms with Gasteiger partial charge in [0.2, 0.25) is 5.06 Å². The number of anilines is 1. The molecule has 14 heteroatoms. The molecule has 0 aromatic carbocycles. The highest BCUT2D eigenvalue weighted by Crippen LogP contribution is 2.40. The quantitative estimate of drug-likeness (QED) is 0.438. The normalized spacial score (nSPS) is 17.8. The monoisotopic (exact) mass is 542 g/mol. The Labute approximate surface area is 213 Å². The van der Waals surface area contributed by atoms with E-state index in [0.29, 0.717) is 35.2 Å². The van der Waals surface area contributed by atoms with Crippen molar-refractivity contribution in [2.45, 2.75) is 32.5 Å². The molecule has 0 unspecified atom stereocenters. The van der Waals surface area contributed by atoms with Crippen LogP contribution < -0.4 is 15.0 Å². The molecule has 4 heterocycles. The van der Waals surface area contributed by atoms with Crippen molar-refractivity contribution in [2.75, 3.05) is 24.6 Å². The van der Waals surface area contributed by atoms with Crippen molar-refractivity contribution < 1.29 is 23.5 Å². The number of hydrogen-bond donors (Lipinski definition) is 2. The lowest BCUT2D eigenvalue weighted by molar-refractivity contribution is 0.0893. The van der Waals surface area contributed by atoms with Crippen molar-refractivity contribution in [1.82, 2.24) is 25.3 Å². The topological polar surface area (TPSA) is 122 Å². The van der Waals surface area contributed by atoms with Crippen molar-refractivity contribution in [3.8, 4) is 16.5 Å². The zero-order valence-corrected chi connectivity index (χ0v) is 21.0. The van der Waals surface area contributed by atoms with E-state index in [1.807, 2.05) is 0 Å². The van der Waals surface area contributed by atoms with E-state index in [0.717, 1.165) is 11.3 Å². The second kappa shape index (κ2) is 10.8. The molecule has 1 aliphatic heterocycles. The summed E-state index contributed by atoms with van der Waals surface area (Å²) in [5.74, 6) is -0.532. The standard InChI is InChI=1S/C21H21Cl2FN6O4S/c1-3-33-21(32)34-19-16(13-8-25-5-6-26-13)29-20(35-19)30-7-4-12(11(24)9-30)28-18(31)17-15(23)14(22)10(2)27-17/h5-6,8,11-12,27H,3-4,7,9H2,1-2H3,(H,28,31)/t11-,12+/m0/s1. The average molecular weight is 543 g/mol. The Bertz CT molecular complexity index is 1220. The molecule has 186 valence electrons. The number of rotatable bonds is 6. The molecule has 4 rings (SSSR count). The van der Waals surface area contributed by atoms with Crippen molar-refractivity contribution in [1.29, 1.82) is 0 Å². The number of alkyl halides is 1. The molecule has 1 fully saturated rings. The summed E-state index contributed by atoms with van der Waals surface area (Å²) in [5.41, 5.74) is 1.34. The number of aromatic amines is 1. The summed E-state index contributed by atoms with van der Waals surface area (Å²) in [6, 6.07) is -0.730. The minimum absolute atomic E-state index is 0.0323. The number of amides is 1. The molecule has 3 aromatic rings. The van der Waals surface area contributed by atoms with Gasteiger partial charge in [-0.2, -0.15) is 0 Å². The maximum atomic E-state index is 15.1. The van der Waals surface area contributed by atoms with E-state index in [4.69, 9.17) is 32.7 Å². The van der Waals surface area contributed by atoms with Gasteiger partial charge in [0.05, 0.1) is 35.4 Å². The summed E-state index contributed by atoms with van der Waals surface area (Å²) >= 11 is 13.2. The van der Waals surface area contributed by atoms with E-state index in [2.05, 4.69) is 25.3 Å². The maximum Gasteiger partial charge on any atom is 0.514 e. The highest BCUT2D eigenvalue weighted by Gasteiger charge is 2.34. The third-order valence-corrected chi connectivity index (χ3v) is 7.18. The fourth-order valence-corrected chi connectivity index (χ4v) is 4.89. The Hall–Kier alpha value is -2.96. The molecule has 0 spiro atoms. The molecule has 0 aliphatic carbocycles. The fourth-order valence-electron chi connectivity index (χ4n) is 3.52. The van der Waals surface area contributed by atoms with Crippen LogP contribution in [0.25, 0.3) is 11.4 Å². The predicted molar refractivity (Wildman–Crippen MR) is 129 cm³/mol. The van der Waals surface area contributed by atoms with Gasteiger partial charge in [0.15, 0.2) is 5.13 Å². The second-order valence-electron chi connectivity index (χ2n) is 7.59. The van der Waals surface area contributed by atoms with Crippen LogP contribution in [0.1, 0.15) is 29.5 Å². The molecule has 2 atom stereocenters. The van der Waals surface area contributed by atoms with Crippen LogP contribution in [0, 0.1) is 6.92 Å². The van der Waals surface area contributed by atoms with E-state index < -0.39 is 24.3 Å². The zero-order valence-electron chi connectivity index (χ0n) is 18.7. The van der Waals surface area contributed by atoms with E-state index in [1.54, 1.807) is 18.7 Å². The molecule has 0 saturated carbocycles. The van der Waals surface area contributed by atoms with Crippen molar-refractivity contribution >= 4 is 51.7 Å². The Morgan fingerprint density at radius 2 is 2.14 bits per heavy atom. The Morgan fingerprint density at radius 1 is 1.34 bits per heavy atom. The minimum Gasteiger partial charge on any atom is -0.434 e. The number of carbonyl (C=O) groups is 2. The molecule has 0 bridgehead atoms. The first-order valence-electron chi connectivity index (χ1n) is 10.6. The van der Waals surface area contributed by atoms with Gasteiger partial charge in [-0.25, -0.2) is 14.2 Å². The Kier molecular flexibility index (Phi) is 7.72. The summed E-state index contributed by atoms with van der Waals surface area (Å²) in [7, 11) is 0. The molecule has 1 aliphatic rings. The van der Waals surface area contributed by atoms with Crippen LogP contribution in [-0.2, 0) is 4.74 Å². The molecule has 0 radical (unpaired) electrons. The van der Waals surface area contributed by atoms with Crippen LogP contribution in [0.15, 0.2) is 18.6 Å². The van der Waals surface area contributed by atoms with Gasteiger partial charge in [-0.05, 0) is 20.3 Å². The number of thiazole rings is 1. The lowest BCUT2D eigenvalue weighted by Gasteiger charge is -2.34. The Morgan fingerprint density at radius 3 is 2.77 bits per heavy atom. The highest BCUT2D eigenvalue weighted by atomic mass is 35.5. The SMILES string of the molecule is CCOC(=O)Oc1sc(N2CC[C@@H](NC(=O)c3[nH]c(C)c(Cl)c3Cl)[C@@H](F)C2)nc1-c1cnccn1. The summed E-state index contributed by atoms with van der Waals surface area (Å²) in [6.07, 6.45) is 2.51. The number of piperidine rings is 1. The molecule has 10 nitrogen and oxygen atoms in total. The zero-order chi connectivity index (χ0) is 25.1. The van der Waals surface area contributed by atoms with E-state index in [-0.39, 0.29) is 34.0 Å². The summed E-state index contributed by atoms with van der Waals surface area (Å²) in [5, 5.41) is 3.64. The number of carbonyl (C=O) groups excluding carboxylic acids is 2. The maximum absolute atomic E-state index is 15.1. The number of H-pyrrole nitrogens is 1. The first-order chi connectivity index (χ1) is 16.8. The molecule has 35 heavy (non-hydrogen) atoms. The number of ether oxygens (including phenoxy) is 2. The van der Waals surface area contributed by atoms with E-state index in [9.17, 15) is 9.59 Å². The molecule has 3 aromatic heterocycles. The highest BCUT2D eigenvalue weighted by molar-refractivity contribution is 7.18. The third-order valence-electron chi connectivity index (χ3n) is 5.24. The number of aryl methyl sites for hydroxylation is 1. The fraction of sp³-hybridized carbons (Fsp3) is 0.381. The van der Waals surface area contributed by atoms with Gasteiger partial charge in [0.25, 0.3) is 5.91 Å². The minimum atomic E-state index is -1.39. The van der Waals surface area contributed by atoms with Gasteiger partial charge in [0.1, 0.15) is 23.3 Å². The number of nitrogens with zero attached hydrogens (tertiary/aromatic N) is 4. The van der Waals surface area contributed by atoms with Crippen LogP contribution in [0.3, 0.4) is 0 Å². The van der Waals surface area contributed by atoms with Gasteiger partial charge in [-0.3, -0.25) is 14.8 Å². The summed E-state index contributed by atoms with van der Waals surface area (Å²) < 4.78 is 25.3. The van der Waals surface area contributed by atoms with Gasteiger partial charge in [-0.15, -0.1) is 0 Å². The van der Waals surface area contributed by atoms with Crippen molar-refractivity contribution in [3.05, 3.63) is 40.0 Å². The van der Waals surface area contributed by atoms with Gasteiger partial charge >= 0.3 is 6.16 Å². The van der Waals surface area contributed by atoms with E-state index >= 15 is 4.39 Å². The molecular weight excluding hydrogens is 522 g/mol. The number of aromatic nitrogens is 4. The predicted octanol–water partition coefficient (Wildman–Crippen LogP) is 4.43. The van der Waals surface area contributed by atoms with Crippen LogP contribution >= 0.6 is 34.5 Å². The molecule has 1 amide bonds. The number of hydrogen-bond acceptors (Lipinski definition) is 9. The van der Waals surface area contributed by atoms with Gasteiger partial charge in [0, 0.05) is 24.6 Å². The van der Waals surface area contributed by atoms with Crippen LogP contribution in [0.4, 0.5) is 14.3 Å². The molecular formula is C21H21Cl2FN6O4S. The lowest BCUT2D eigenvalue weighted by atomic mass is 10.0. The number of halogens is 3. The lowest BCUT2D eigenvalue weighted by Crippen LogP contribution is -2.52. The van der Waals surface area contributed by atoms with Gasteiger partial charge < -0.3 is 24.7 Å².